The summed E-state index contributed by atoms with van der Waals surface area (Å²) in [6, 6.07) is 7.58. The molecule has 1 heterocycles. The van der Waals surface area contributed by atoms with Crippen LogP contribution in [-0.2, 0) is 14.9 Å². The molecule has 4 fully saturated rings. The summed E-state index contributed by atoms with van der Waals surface area (Å²) >= 11 is 0. The minimum atomic E-state index is -3.58. The van der Waals surface area contributed by atoms with E-state index in [1.54, 1.807) is 12.1 Å². The molecule has 3 aliphatic carbocycles. The topological polar surface area (TPSA) is 55.9 Å². The number of ether oxygens (including phenoxy) is 1. The van der Waals surface area contributed by atoms with Crippen LogP contribution in [0.2, 0.25) is 0 Å². The van der Waals surface area contributed by atoms with Gasteiger partial charge in [-0.25, -0.2) is 0 Å². The van der Waals surface area contributed by atoms with E-state index in [1.807, 2.05) is 12.1 Å². The van der Waals surface area contributed by atoms with E-state index in [9.17, 15) is 8.42 Å². The zero-order valence-electron chi connectivity index (χ0n) is 15.5. The second kappa shape index (κ2) is 5.96. The van der Waals surface area contributed by atoms with E-state index in [4.69, 9.17) is 8.92 Å². The first-order chi connectivity index (χ1) is 12.5. The zero-order valence-corrected chi connectivity index (χ0v) is 16.3. The van der Waals surface area contributed by atoms with Gasteiger partial charge in [-0.05, 0) is 79.4 Å². The molecule has 1 aromatic rings. The van der Waals surface area contributed by atoms with Crippen molar-refractivity contribution in [3.05, 3.63) is 29.8 Å². The van der Waals surface area contributed by atoms with Gasteiger partial charge >= 0.3 is 10.1 Å². The molecule has 5 heteroatoms. The predicted octanol–water partition coefficient (Wildman–Crippen LogP) is 4.11. The smallest absolute Gasteiger partial charge is 0.312 e. The molecule has 4 nitrogen and oxygen atoms in total. The molecule has 142 valence electrons. The molecule has 4 aliphatic rings. The highest BCUT2D eigenvalue weighted by molar-refractivity contribution is 7.87. The van der Waals surface area contributed by atoms with Gasteiger partial charge in [-0.3, -0.25) is 0 Å². The molecule has 0 spiro atoms. The Balaban J connectivity index is 1.31. The van der Waals surface area contributed by atoms with Gasteiger partial charge in [0.1, 0.15) is 11.0 Å². The van der Waals surface area contributed by atoms with Gasteiger partial charge in [0.15, 0.2) is 0 Å². The Labute approximate surface area is 156 Å². The maximum Gasteiger partial charge on any atom is 0.312 e. The molecule has 5 rings (SSSR count). The number of epoxide rings is 1. The van der Waals surface area contributed by atoms with Crippen LogP contribution in [0.15, 0.2) is 24.3 Å². The molecule has 0 radical (unpaired) electrons. The van der Waals surface area contributed by atoms with E-state index in [0.29, 0.717) is 41.6 Å². The number of fused-ring (bicyclic) bond motifs is 6. The molecule has 1 aromatic carbocycles. The van der Waals surface area contributed by atoms with Crippen molar-refractivity contribution in [2.75, 3.05) is 0 Å². The minimum absolute atomic E-state index is 0.263. The van der Waals surface area contributed by atoms with Gasteiger partial charge in [0.25, 0.3) is 0 Å². The van der Waals surface area contributed by atoms with Gasteiger partial charge < -0.3 is 8.92 Å². The summed E-state index contributed by atoms with van der Waals surface area (Å²) in [7, 11) is -3.58. The first-order valence-electron chi connectivity index (χ1n) is 10.1. The molecule has 1 aliphatic heterocycles. The third kappa shape index (κ3) is 2.70. The van der Waals surface area contributed by atoms with Crippen LogP contribution in [0.4, 0.5) is 0 Å². The van der Waals surface area contributed by atoms with Gasteiger partial charge in [0.2, 0.25) is 0 Å². The van der Waals surface area contributed by atoms with Gasteiger partial charge in [-0.1, -0.05) is 26.0 Å². The van der Waals surface area contributed by atoms with Crippen LogP contribution in [0.1, 0.15) is 57.4 Å². The van der Waals surface area contributed by atoms with E-state index in [0.717, 1.165) is 32.1 Å². The highest BCUT2D eigenvalue weighted by Crippen LogP contribution is 2.62. The van der Waals surface area contributed by atoms with Crippen LogP contribution < -0.4 is 4.18 Å². The van der Waals surface area contributed by atoms with Gasteiger partial charge in [0, 0.05) is 0 Å². The fraction of sp³-hybridized carbons (Fsp3) is 0.714. The molecule has 1 saturated heterocycles. The average Bonchev–Trinajstić information content (AvgIpc) is 3.12. The lowest BCUT2D eigenvalue weighted by atomic mass is 9.71. The molecule has 8 unspecified atom stereocenters. The van der Waals surface area contributed by atoms with Crippen LogP contribution in [0.3, 0.4) is 0 Å². The summed E-state index contributed by atoms with van der Waals surface area (Å²) in [5.41, 5.74) is 1.22. The van der Waals surface area contributed by atoms with Gasteiger partial charge in [-0.2, -0.15) is 8.42 Å². The first-order valence-corrected chi connectivity index (χ1v) is 11.6. The summed E-state index contributed by atoms with van der Waals surface area (Å²) in [6.07, 6.45) is 6.01. The maximum absolute atomic E-state index is 13.0. The Morgan fingerprint density at radius 1 is 1.04 bits per heavy atom. The van der Waals surface area contributed by atoms with Crippen LogP contribution >= 0.6 is 0 Å². The summed E-state index contributed by atoms with van der Waals surface area (Å²) in [5, 5.41) is -0.335. The zero-order chi connectivity index (χ0) is 18.1. The van der Waals surface area contributed by atoms with Crippen molar-refractivity contribution in [1.29, 1.82) is 0 Å². The molecule has 0 N–H and O–H groups in total. The minimum Gasteiger partial charge on any atom is -0.382 e. The lowest BCUT2D eigenvalue weighted by molar-refractivity contribution is 0.175. The van der Waals surface area contributed by atoms with E-state index in [2.05, 4.69) is 13.8 Å². The molecule has 3 saturated carbocycles. The Morgan fingerprint density at radius 3 is 2.42 bits per heavy atom. The van der Waals surface area contributed by atoms with Crippen molar-refractivity contribution < 1.29 is 17.3 Å². The molecule has 0 amide bonds. The number of rotatable bonds is 5. The van der Waals surface area contributed by atoms with Crippen molar-refractivity contribution in [2.24, 2.45) is 23.7 Å². The Morgan fingerprint density at radius 2 is 1.73 bits per heavy atom. The maximum atomic E-state index is 13.0. The van der Waals surface area contributed by atoms with Gasteiger partial charge in [-0.15, -0.1) is 0 Å². The van der Waals surface area contributed by atoms with E-state index in [1.165, 1.54) is 5.56 Å². The lowest BCUT2D eigenvalue weighted by Crippen LogP contribution is -2.40. The fourth-order valence-electron chi connectivity index (χ4n) is 6.00. The second-order valence-corrected chi connectivity index (χ2v) is 10.7. The normalized spacial score (nSPS) is 41.4. The fourth-order valence-corrected chi connectivity index (χ4v) is 7.73. The largest absolute Gasteiger partial charge is 0.382 e. The quantitative estimate of drug-likeness (QED) is 0.573. The van der Waals surface area contributed by atoms with Crippen molar-refractivity contribution in [2.45, 2.75) is 69.3 Å². The van der Waals surface area contributed by atoms with E-state index in [-0.39, 0.29) is 11.2 Å². The summed E-state index contributed by atoms with van der Waals surface area (Å²) in [6.45, 7) is 4.33. The van der Waals surface area contributed by atoms with E-state index < -0.39 is 10.1 Å². The average molecular weight is 377 g/mol. The lowest BCUT2D eigenvalue weighted by Gasteiger charge is -2.36. The SMILES string of the molecule is CCC(C)c1ccc(OS(=O)(=O)C2CC3CC2C2CC4OC4CC32)cc1. The molecule has 2 bridgehead atoms. The highest BCUT2D eigenvalue weighted by Gasteiger charge is 2.62. The number of hydrogen-bond acceptors (Lipinski definition) is 4. The second-order valence-electron chi connectivity index (χ2n) is 8.90. The Bertz CT molecular complexity index is 787. The molecule has 8 atom stereocenters. The van der Waals surface area contributed by atoms with Gasteiger partial charge in [0.05, 0.1) is 12.2 Å². The standard InChI is InChI=1S/C21H28O4S/c1-3-12(2)13-4-6-15(7-5-13)25-26(22,23)21-9-14-8-18(21)17-11-20-19(24-20)10-16(14)17/h4-7,12,14,16-21H,3,8-11H2,1-2H3. The summed E-state index contributed by atoms with van der Waals surface area (Å²) in [4.78, 5) is 0. The highest BCUT2D eigenvalue weighted by atomic mass is 32.2. The summed E-state index contributed by atoms with van der Waals surface area (Å²) in [5.74, 6) is 2.94. The van der Waals surface area contributed by atoms with Crippen LogP contribution in [-0.4, -0.2) is 25.9 Å². The third-order valence-corrected chi connectivity index (χ3v) is 9.34. The van der Waals surface area contributed by atoms with Crippen LogP contribution in [0, 0.1) is 23.7 Å². The predicted molar refractivity (Wildman–Crippen MR) is 99.6 cm³/mol. The Hall–Kier alpha value is -1.07. The van der Waals surface area contributed by atoms with Crippen LogP contribution in [0.25, 0.3) is 0 Å². The van der Waals surface area contributed by atoms with E-state index >= 15 is 0 Å². The number of benzene rings is 1. The Kier molecular flexibility index (Phi) is 3.91. The molecule has 0 aromatic heterocycles. The monoisotopic (exact) mass is 376 g/mol. The van der Waals surface area contributed by atoms with Crippen molar-refractivity contribution in [1.82, 2.24) is 0 Å². The van der Waals surface area contributed by atoms with Crippen molar-refractivity contribution in [3.8, 4) is 5.75 Å². The molecular weight excluding hydrogens is 348 g/mol. The first kappa shape index (κ1) is 17.1. The number of hydrogen-bond donors (Lipinski definition) is 0. The van der Waals surface area contributed by atoms with Crippen LogP contribution in [0.5, 0.6) is 5.75 Å². The van der Waals surface area contributed by atoms with Crippen molar-refractivity contribution >= 4 is 10.1 Å². The third-order valence-electron chi connectivity index (χ3n) is 7.63. The van der Waals surface area contributed by atoms with Crippen molar-refractivity contribution in [3.63, 3.8) is 0 Å². The summed E-state index contributed by atoms with van der Waals surface area (Å²) < 4.78 is 37.2. The molecular formula is C21H28O4S. The molecule has 26 heavy (non-hydrogen) atoms.